The molecular formula is C25H21ClF3N5O4. The number of halogens is 4. The Bertz CT molecular complexity index is 1360. The Hall–Kier alpha value is -4.32. The number of benzene rings is 2. The van der Waals surface area contributed by atoms with Crippen LogP contribution in [-0.2, 0) is 11.3 Å². The van der Waals surface area contributed by atoms with E-state index in [9.17, 15) is 27.6 Å². The predicted molar refractivity (Wildman–Crippen MR) is 134 cm³/mol. The number of hydrogen-bond acceptors (Lipinski definition) is 5. The first-order valence-corrected chi connectivity index (χ1v) is 11.5. The van der Waals surface area contributed by atoms with Crippen molar-refractivity contribution in [2.24, 2.45) is 0 Å². The fourth-order valence-electron chi connectivity index (χ4n) is 3.76. The average molecular weight is 548 g/mol. The summed E-state index contributed by atoms with van der Waals surface area (Å²) in [4.78, 5) is 45.1. The molecule has 13 heteroatoms. The smallest absolute Gasteiger partial charge is 0.406 e. The molecular weight excluding hydrogens is 527 g/mol. The summed E-state index contributed by atoms with van der Waals surface area (Å²) in [6, 6.07) is 12.9. The van der Waals surface area contributed by atoms with Crippen LogP contribution in [0.15, 0.2) is 66.9 Å². The van der Waals surface area contributed by atoms with E-state index in [-0.39, 0.29) is 18.1 Å². The molecule has 1 aliphatic heterocycles. The molecule has 2 aromatic carbocycles. The van der Waals surface area contributed by atoms with Gasteiger partial charge in [0.25, 0.3) is 5.91 Å². The first-order valence-electron chi connectivity index (χ1n) is 11.1. The minimum absolute atomic E-state index is 0.000650. The molecule has 9 nitrogen and oxygen atoms in total. The van der Waals surface area contributed by atoms with Gasteiger partial charge in [0.15, 0.2) is 0 Å². The first kappa shape index (κ1) is 26.7. The standard InChI is InChI=1S/C25H21ClF3N5O4/c1-24(2)21(35)34(18-7-9-19(10-8-18)38-25(27,28)29)23(37)33(24)14-15-11-12-30-20(13-15)32-22(36)31-17-5-3-16(26)4-6-17/h3-13H,14H2,1-2H3,(H2,30,31,32,36). The van der Waals surface area contributed by atoms with Crippen LogP contribution in [0.4, 0.5) is 40.0 Å². The van der Waals surface area contributed by atoms with Crippen LogP contribution in [0.2, 0.25) is 5.02 Å². The number of nitrogens with one attached hydrogen (secondary N) is 2. The van der Waals surface area contributed by atoms with Gasteiger partial charge < -0.3 is 15.0 Å². The topological polar surface area (TPSA) is 104 Å². The minimum atomic E-state index is -4.87. The Balaban J connectivity index is 1.47. The van der Waals surface area contributed by atoms with Gasteiger partial charge in [-0.25, -0.2) is 19.5 Å². The number of amides is 5. The summed E-state index contributed by atoms with van der Waals surface area (Å²) < 4.78 is 41.2. The number of aromatic nitrogens is 1. The maximum Gasteiger partial charge on any atom is 0.573 e. The molecule has 0 saturated carbocycles. The maximum absolute atomic E-state index is 13.3. The summed E-state index contributed by atoms with van der Waals surface area (Å²) in [7, 11) is 0. The van der Waals surface area contributed by atoms with Crippen molar-refractivity contribution in [1.82, 2.24) is 9.88 Å². The van der Waals surface area contributed by atoms with Gasteiger partial charge in [0.1, 0.15) is 17.1 Å². The van der Waals surface area contributed by atoms with E-state index >= 15 is 0 Å². The lowest BCUT2D eigenvalue weighted by atomic mass is 10.0. The van der Waals surface area contributed by atoms with E-state index in [1.807, 2.05) is 0 Å². The monoisotopic (exact) mass is 547 g/mol. The number of urea groups is 2. The van der Waals surface area contributed by atoms with Crippen LogP contribution in [0.5, 0.6) is 5.75 Å². The van der Waals surface area contributed by atoms with Crippen molar-refractivity contribution < 1.29 is 32.3 Å². The van der Waals surface area contributed by atoms with Gasteiger partial charge in [0.2, 0.25) is 0 Å². The van der Waals surface area contributed by atoms with Gasteiger partial charge in [-0.1, -0.05) is 11.6 Å². The fourth-order valence-corrected chi connectivity index (χ4v) is 3.89. The van der Waals surface area contributed by atoms with Gasteiger partial charge in [-0.3, -0.25) is 10.1 Å². The Morgan fingerprint density at radius 3 is 2.32 bits per heavy atom. The molecule has 0 atom stereocenters. The highest BCUT2D eigenvalue weighted by Gasteiger charge is 2.51. The number of alkyl halides is 3. The lowest BCUT2D eigenvalue weighted by Gasteiger charge is -2.27. The summed E-state index contributed by atoms with van der Waals surface area (Å²) in [5, 5.41) is 5.76. The number of nitrogens with zero attached hydrogens (tertiary/aromatic N) is 3. The number of pyridine rings is 1. The van der Waals surface area contributed by atoms with Crippen molar-refractivity contribution in [3.8, 4) is 5.75 Å². The van der Waals surface area contributed by atoms with Crippen molar-refractivity contribution in [3.63, 3.8) is 0 Å². The summed E-state index contributed by atoms with van der Waals surface area (Å²) in [6.07, 6.45) is -3.42. The predicted octanol–water partition coefficient (Wildman–Crippen LogP) is 6.03. The summed E-state index contributed by atoms with van der Waals surface area (Å²) in [5.41, 5.74) is -0.0713. The van der Waals surface area contributed by atoms with E-state index in [0.29, 0.717) is 16.3 Å². The zero-order valence-corrected chi connectivity index (χ0v) is 20.8. The number of carbonyl (C=O) groups excluding carboxylic acids is 3. The molecule has 1 saturated heterocycles. The Morgan fingerprint density at radius 2 is 1.68 bits per heavy atom. The minimum Gasteiger partial charge on any atom is -0.406 e. The molecule has 0 bridgehead atoms. The molecule has 2 N–H and O–H groups in total. The summed E-state index contributed by atoms with van der Waals surface area (Å²) in [5.74, 6) is -0.822. The van der Waals surface area contributed by atoms with Crippen LogP contribution < -0.4 is 20.3 Å². The Kier molecular flexibility index (Phi) is 7.18. The van der Waals surface area contributed by atoms with E-state index in [4.69, 9.17) is 11.6 Å². The van der Waals surface area contributed by atoms with Gasteiger partial charge in [-0.05, 0) is 80.1 Å². The van der Waals surface area contributed by atoms with Gasteiger partial charge in [-0.2, -0.15) is 0 Å². The second-order valence-electron chi connectivity index (χ2n) is 8.75. The number of ether oxygens (including phenoxy) is 1. The quantitative estimate of drug-likeness (QED) is 0.367. The zero-order chi connectivity index (χ0) is 27.7. The molecule has 3 aromatic rings. The molecule has 38 heavy (non-hydrogen) atoms. The van der Waals surface area contributed by atoms with E-state index < -0.39 is 35.6 Å². The third kappa shape index (κ3) is 5.97. The van der Waals surface area contributed by atoms with Crippen LogP contribution >= 0.6 is 11.6 Å². The summed E-state index contributed by atoms with van der Waals surface area (Å²) >= 11 is 5.84. The lowest BCUT2D eigenvalue weighted by molar-refractivity contribution is -0.274. The van der Waals surface area contributed by atoms with Crippen molar-refractivity contribution in [1.29, 1.82) is 0 Å². The van der Waals surface area contributed by atoms with Gasteiger partial charge in [-0.15, -0.1) is 13.2 Å². The number of anilines is 3. The first-order chi connectivity index (χ1) is 17.8. The van der Waals surface area contributed by atoms with E-state index in [1.54, 1.807) is 50.2 Å². The van der Waals surface area contributed by atoms with Crippen molar-refractivity contribution >= 4 is 46.8 Å². The Morgan fingerprint density at radius 1 is 1.03 bits per heavy atom. The van der Waals surface area contributed by atoms with Crippen molar-refractivity contribution in [2.45, 2.75) is 32.3 Å². The van der Waals surface area contributed by atoms with Crippen molar-refractivity contribution in [3.05, 3.63) is 77.4 Å². The van der Waals surface area contributed by atoms with Crippen molar-refractivity contribution in [2.75, 3.05) is 15.5 Å². The number of imide groups is 1. The molecule has 5 amide bonds. The molecule has 1 aromatic heterocycles. The molecule has 2 heterocycles. The average Bonchev–Trinajstić information content (AvgIpc) is 3.00. The van der Waals surface area contributed by atoms with Gasteiger partial charge in [0.05, 0.1) is 5.69 Å². The van der Waals surface area contributed by atoms with Crippen LogP contribution in [0, 0.1) is 0 Å². The molecule has 1 fully saturated rings. The molecule has 0 aliphatic carbocycles. The van der Waals surface area contributed by atoms with E-state index in [2.05, 4.69) is 20.4 Å². The highest BCUT2D eigenvalue weighted by Crippen LogP contribution is 2.34. The van der Waals surface area contributed by atoms with Gasteiger partial charge in [0, 0.05) is 23.5 Å². The molecule has 4 rings (SSSR count). The molecule has 0 radical (unpaired) electrons. The second-order valence-corrected chi connectivity index (χ2v) is 9.18. The number of hydrogen-bond donors (Lipinski definition) is 2. The second kappa shape index (κ2) is 10.2. The normalized spacial score (nSPS) is 15.0. The molecule has 0 unspecified atom stereocenters. The third-order valence-corrected chi connectivity index (χ3v) is 5.91. The molecule has 198 valence electrons. The van der Waals surface area contributed by atoms with Crippen LogP contribution in [0.3, 0.4) is 0 Å². The lowest BCUT2D eigenvalue weighted by Crippen LogP contribution is -2.43. The largest absolute Gasteiger partial charge is 0.573 e. The van der Waals surface area contributed by atoms with Crippen LogP contribution in [0.1, 0.15) is 19.4 Å². The van der Waals surface area contributed by atoms with Crippen LogP contribution in [0.25, 0.3) is 0 Å². The number of rotatable bonds is 6. The van der Waals surface area contributed by atoms with Crippen LogP contribution in [-0.4, -0.2) is 39.8 Å². The number of carbonyl (C=O) groups is 3. The summed E-state index contributed by atoms with van der Waals surface area (Å²) in [6.45, 7) is 3.13. The maximum atomic E-state index is 13.3. The third-order valence-electron chi connectivity index (χ3n) is 5.66. The molecule has 0 spiro atoms. The highest BCUT2D eigenvalue weighted by atomic mass is 35.5. The fraction of sp³-hybridized carbons (Fsp3) is 0.200. The Labute approximate surface area is 220 Å². The SMILES string of the molecule is CC1(C)C(=O)N(c2ccc(OC(F)(F)F)cc2)C(=O)N1Cc1ccnc(NC(=O)Nc2ccc(Cl)cc2)c1. The van der Waals surface area contributed by atoms with Gasteiger partial charge >= 0.3 is 18.4 Å². The molecule has 1 aliphatic rings. The highest BCUT2D eigenvalue weighted by molar-refractivity contribution is 6.30. The van der Waals surface area contributed by atoms with E-state index in [1.165, 1.54) is 23.2 Å². The van der Waals surface area contributed by atoms with E-state index in [0.717, 1.165) is 17.0 Å². The zero-order valence-electron chi connectivity index (χ0n) is 20.0.